The van der Waals surface area contributed by atoms with E-state index >= 15 is 0 Å². The normalized spacial score (nSPS) is 18.9. The average Bonchev–Trinajstić information content (AvgIpc) is 2.58. The highest BCUT2D eigenvalue weighted by molar-refractivity contribution is 7.80. The summed E-state index contributed by atoms with van der Waals surface area (Å²) in [5.41, 5.74) is 0.934. The molecule has 1 saturated heterocycles. The quantitative estimate of drug-likeness (QED) is 0.735. The predicted octanol–water partition coefficient (Wildman–Crippen LogP) is -0.588. The standard InChI is InChI=1S/C12H12N2O3S/c15-10(16)6-9-11(17)14(12(18)13-9)7-8-4-2-1-3-5-8/h1-5,9H,6-7H2,(H,13,18)(H,15,16)/p-1/t9-/m0/s1. The molecule has 6 heteroatoms. The molecule has 18 heavy (non-hydrogen) atoms. The molecule has 0 saturated carbocycles. The van der Waals surface area contributed by atoms with Crippen LogP contribution in [0.2, 0.25) is 0 Å². The second-order valence-corrected chi connectivity index (χ2v) is 4.37. The lowest BCUT2D eigenvalue weighted by molar-refractivity contribution is -0.306. The third-order valence-corrected chi connectivity index (χ3v) is 3.00. The van der Waals surface area contributed by atoms with Gasteiger partial charge in [-0.15, -0.1) is 0 Å². The van der Waals surface area contributed by atoms with Crippen LogP contribution in [-0.2, 0) is 16.1 Å². The third kappa shape index (κ3) is 2.65. The lowest BCUT2D eigenvalue weighted by atomic mass is 10.2. The first-order valence-corrected chi connectivity index (χ1v) is 5.84. The topological polar surface area (TPSA) is 72.5 Å². The Labute approximate surface area is 109 Å². The SMILES string of the molecule is O=C([O-])C[C@@H]1NC(=S)N(Cc2ccccc2)C1=O. The van der Waals surface area contributed by atoms with Crippen molar-refractivity contribution >= 4 is 29.2 Å². The molecule has 1 aliphatic rings. The predicted molar refractivity (Wildman–Crippen MR) is 66.1 cm³/mol. The smallest absolute Gasteiger partial charge is 0.251 e. The van der Waals surface area contributed by atoms with E-state index in [2.05, 4.69) is 5.32 Å². The largest absolute Gasteiger partial charge is 0.550 e. The van der Waals surface area contributed by atoms with E-state index in [1.807, 2.05) is 30.3 Å². The molecule has 1 aliphatic heterocycles. The molecular weight excluding hydrogens is 252 g/mol. The van der Waals surface area contributed by atoms with Gasteiger partial charge in [-0.3, -0.25) is 9.69 Å². The van der Waals surface area contributed by atoms with Crippen LogP contribution in [0, 0.1) is 0 Å². The molecule has 1 fully saturated rings. The van der Waals surface area contributed by atoms with E-state index in [0.29, 0.717) is 6.54 Å². The Morgan fingerprint density at radius 1 is 1.39 bits per heavy atom. The summed E-state index contributed by atoms with van der Waals surface area (Å²) < 4.78 is 0. The van der Waals surface area contributed by atoms with Crippen LogP contribution >= 0.6 is 12.2 Å². The van der Waals surface area contributed by atoms with Gasteiger partial charge in [0.1, 0.15) is 6.04 Å². The number of carbonyl (C=O) groups is 2. The molecule has 0 unspecified atom stereocenters. The molecule has 0 aromatic heterocycles. The molecule has 0 radical (unpaired) electrons. The minimum atomic E-state index is -1.27. The summed E-state index contributed by atoms with van der Waals surface area (Å²) in [4.78, 5) is 23.8. The average molecular weight is 263 g/mol. The van der Waals surface area contributed by atoms with Crippen molar-refractivity contribution < 1.29 is 14.7 Å². The van der Waals surface area contributed by atoms with Crippen molar-refractivity contribution in [2.75, 3.05) is 0 Å². The van der Waals surface area contributed by atoms with E-state index in [4.69, 9.17) is 12.2 Å². The van der Waals surface area contributed by atoms with Crippen LogP contribution < -0.4 is 10.4 Å². The highest BCUT2D eigenvalue weighted by Crippen LogP contribution is 2.13. The first-order chi connectivity index (χ1) is 8.58. The third-order valence-electron chi connectivity index (χ3n) is 2.66. The fourth-order valence-corrected chi connectivity index (χ4v) is 2.09. The molecule has 1 amide bonds. The van der Waals surface area contributed by atoms with Gasteiger partial charge in [-0.25, -0.2) is 0 Å². The molecular formula is C12H11N2O3S-. The Kier molecular flexibility index (Phi) is 3.57. The van der Waals surface area contributed by atoms with Crippen molar-refractivity contribution in [3.05, 3.63) is 35.9 Å². The molecule has 1 aromatic carbocycles. The number of carbonyl (C=O) groups excluding carboxylic acids is 2. The lowest BCUT2D eigenvalue weighted by Crippen LogP contribution is -2.37. The number of nitrogens with one attached hydrogen (secondary N) is 1. The van der Waals surface area contributed by atoms with Gasteiger partial charge in [-0.05, 0) is 17.8 Å². The van der Waals surface area contributed by atoms with Gasteiger partial charge in [0.25, 0.3) is 5.91 Å². The molecule has 1 atom stereocenters. The van der Waals surface area contributed by atoms with Gasteiger partial charge < -0.3 is 15.2 Å². The van der Waals surface area contributed by atoms with Crippen LogP contribution in [-0.4, -0.2) is 27.9 Å². The summed E-state index contributed by atoms with van der Waals surface area (Å²) in [7, 11) is 0. The summed E-state index contributed by atoms with van der Waals surface area (Å²) in [5.74, 6) is -1.60. The maximum atomic E-state index is 11.9. The van der Waals surface area contributed by atoms with Crippen LogP contribution in [0.4, 0.5) is 0 Å². The van der Waals surface area contributed by atoms with Crippen molar-refractivity contribution in [3.63, 3.8) is 0 Å². The van der Waals surface area contributed by atoms with Gasteiger partial charge in [0.15, 0.2) is 5.11 Å². The van der Waals surface area contributed by atoms with E-state index in [1.54, 1.807) is 0 Å². The Bertz CT molecular complexity index is 489. The minimum absolute atomic E-state index is 0.259. The van der Waals surface area contributed by atoms with E-state index < -0.39 is 12.0 Å². The second-order valence-electron chi connectivity index (χ2n) is 3.99. The highest BCUT2D eigenvalue weighted by Gasteiger charge is 2.35. The van der Waals surface area contributed by atoms with E-state index in [0.717, 1.165) is 5.56 Å². The summed E-state index contributed by atoms with van der Waals surface area (Å²) in [6, 6.07) is 8.55. The number of thiocarbonyl (C=S) groups is 1. The molecule has 94 valence electrons. The number of aliphatic carboxylic acids is 1. The van der Waals surface area contributed by atoms with E-state index in [9.17, 15) is 14.7 Å². The number of nitrogens with zero attached hydrogens (tertiary/aromatic N) is 1. The van der Waals surface area contributed by atoms with Crippen molar-refractivity contribution in [1.82, 2.24) is 10.2 Å². The monoisotopic (exact) mass is 263 g/mol. The van der Waals surface area contributed by atoms with Gasteiger partial charge in [0.2, 0.25) is 0 Å². The number of rotatable bonds is 4. The van der Waals surface area contributed by atoms with Gasteiger partial charge in [-0.1, -0.05) is 30.3 Å². The van der Waals surface area contributed by atoms with E-state index in [-0.39, 0.29) is 17.4 Å². The first-order valence-electron chi connectivity index (χ1n) is 5.43. The van der Waals surface area contributed by atoms with Crippen molar-refractivity contribution in [2.24, 2.45) is 0 Å². The number of amides is 1. The van der Waals surface area contributed by atoms with Gasteiger partial charge in [0, 0.05) is 12.4 Å². The number of carboxylic acid groups (broad SMARTS) is 1. The Balaban J connectivity index is 2.08. The number of hydrogen-bond donors (Lipinski definition) is 1. The van der Waals surface area contributed by atoms with Crippen LogP contribution in [0.3, 0.4) is 0 Å². The van der Waals surface area contributed by atoms with Crippen LogP contribution in [0.25, 0.3) is 0 Å². The Morgan fingerprint density at radius 2 is 2.06 bits per heavy atom. The summed E-state index contributed by atoms with van der Waals surface area (Å²) in [6.45, 7) is 0.342. The Morgan fingerprint density at radius 3 is 2.67 bits per heavy atom. The lowest BCUT2D eigenvalue weighted by Gasteiger charge is -2.14. The Hall–Kier alpha value is -1.95. The van der Waals surface area contributed by atoms with Crippen LogP contribution in [0.5, 0.6) is 0 Å². The summed E-state index contributed by atoms with van der Waals surface area (Å²) in [6.07, 6.45) is -0.371. The van der Waals surface area contributed by atoms with E-state index in [1.165, 1.54) is 4.90 Å². The zero-order valence-electron chi connectivity index (χ0n) is 9.46. The minimum Gasteiger partial charge on any atom is -0.550 e. The van der Waals surface area contributed by atoms with Crippen LogP contribution in [0.1, 0.15) is 12.0 Å². The molecule has 1 N–H and O–H groups in total. The van der Waals surface area contributed by atoms with Gasteiger partial charge >= 0.3 is 0 Å². The molecule has 0 spiro atoms. The summed E-state index contributed by atoms with van der Waals surface area (Å²) >= 11 is 5.03. The fraction of sp³-hybridized carbons (Fsp3) is 0.250. The van der Waals surface area contributed by atoms with Gasteiger partial charge in [0.05, 0.1) is 6.54 Å². The molecule has 0 aliphatic carbocycles. The molecule has 1 heterocycles. The fourth-order valence-electron chi connectivity index (χ4n) is 1.80. The molecule has 2 rings (SSSR count). The maximum Gasteiger partial charge on any atom is 0.251 e. The first kappa shape index (κ1) is 12.5. The van der Waals surface area contributed by atoms with Crippen molar-refractivity contribution in [3.8, 4) is 0 Å². The molecule has 5 nitrogen and oxygen atoms in total. The molecule has 1 aromatic rings. The highest BCUT2D eigenvalue weighted by atomic mass is 32.1. The second kappa shape index (κ2) is 5.14. The zero-order chi connectivity index (χ0) is 13.1. The maximum absolute atomic E-state index is 11.9. The molecule has 0 bridgehead atoms. The van der Waals surface area contributed by atoms with Gasteiger partial charge in [-0.2, -0.15) is 0 Å². The number of carboxylic acids is 1. The zero-order valence-corrected chi connectivity index (χ0v) is 10.3. The van der Waals surface area contributed by atoms with Crippen molar-refractivity contribution in [1.29, 1.82) is 0 Å². The van der Waals surface area contributed by atoms with Crippen LogP contribution in [0.15, 0.2) is 30.3 Å². The number of hydrogen-bond acceptors (Lipinski definition) is 4. The van der Waals surface area contributed by atoms with Crippen molar-refractivity contribution in [2.45, 2.75) is 19.0 Å². The summed E-state index contributed by atoms with van der Waals surface area (Å²) in [5, 5.41) is 13.5. The number of benzene rings is 1.